The molecule has 0 N–H and O–H groups in total. The first-order chi connectivity index (χ1) is 9.10. The first kappa shape index (κ1) is 13.1. The van der Waals surface area contributed by atoms with Gasteiger partial charge in [0.15, 0.2) is 0 Å². The van der Waals surface area contributed by atoms with E-state index < -0.39 is 0 Å². The Balaban J connectivity index is 2.09. The number of amides is 1. The fraction of sp³-hybridized carbons (Fsp3) is 0.286. The van der Waals surface area contributed by atoms with Gasteiger partial charge in [0, 0.05) is 18.7 Å². The molecule has 0 bridgehead atoms. The molecule has 0 spiro atoms. The molecule has 0 saturated heterocycles. The highest BCUT2D eigenvalue weighted by molar-refractivity contribution is 5.94. The molecule has 0 unspecified atom stereocenters. The molecule has 2 rings (SSSR count). The van der Waals surface area contributed by atoms with E-state index in [9.17, 15) is 4.79 Å². The summed E-state index contributed by atoms with van der Waals surface area (Å²) in [5.74, 6) is 1.31. The number of rotatable bonds is 4. The second-order valence-corrected chi connectivity index (χ2v) is 4.32. The van der Waals surface area contributed by atoms with Crippen molar-refractivity contribution >= 4 is 5.91 Å². The number of aryl methyl sites for hydroxylation is 1. The van der Waals surface area contributed by atoms with Crippen molar-refractivity contribution in [2.24, 2.45) is 0 Å². The second kappa shape index (κ2) is 5.56. The number of aromatic nitrogens is 1. The maximum atomic E-state index is 12.2. The average Bonchev–Trinajstić information content (AvgIpc) is 2.83. The van der Waals surface area contributed by atoms with Crippen LogP contribution in [0.15, 0.2) is 34.9 Å². The van der Waals surface area contributed by atoms with Crippen LogP contribution in [0.1, 0.15) is 21.8 Å². The van der Waals surface area contributed by atoms with Crippen LogP contribution >= 0.6 is 0 Å². The smallest absolute Gasteiger partial charge is 0.254 e. The summed E-state index contributed by atoms with van der Waals surface area (Å²) >= 11 is 0. The lowest BCUT2D eigenvalue weighted by Gasteiger charge is -2.15. The molecule has 5 nitrogen and oxygen atoms in total. The van der Waals surface area contributed by atoms with E-state index in [4.69, 9.17) is 9.26 Å². The van der Waals surface area contributed by atoms with Gasteiger partial charge < -0.3 is 14.2 Å². The minimum Gasteiger partial charge on any atom is -0.497 e. The Hall–Kier alpha value is -2.30. The highest BCUT2D eigenvalue weighted by atomic mass is 16.5. The third kappa shape index (κ3) is 3.13. The summed E-state index contributed by atoms with van der Waals surface area (Å²) in [5, 5.41) is 3.87. The molecule has 100 valence electrons. The van der Waals surface area contributed by atoms with Gasteiger partial charge in [0.2, 0.25) is 0 Å². The normalized spacial score (nSPS) is 10.3. The third-order valence-corrected chi connectivity index (χ3v) is 2.74. The van der Waals surface area contributed by atoms with Gasteiger partial charge in [0.1, 0.15) is 17.2 Å². The van der Waals surface area contributed by atoms with Crippen molar-refractivity contribution in [2.45, 2.75) is 13.5 Å². The van der Waals surface area contributed by atoms with Crippen LogP contribution in [-0.2, 0) is 6.54 Å². The molecule has 0 aliphatic carbocycles. The van der Waals surface area contributed by atoms with Crippen molar-refractivity contribution < 1.29 is 14.1 Å². The van der Waals surface area contributed by atoms with Gasteiger partial charge in [-0.3, -0.25) is 4.79 Å². The van der Waals surface area contributed by atoms with Gasteiger partial charge in [-0.15, -0.1) is 0 Å². The first-order valence-corrected chi connectivity index (χ1v) is 5.92. The van der Waals surface area contributed by atoms with Crippen LogP contribution < -0.4 is 4.74 Å². The molecule has 0 aliphatic rings. The van der Waals surface area contributed by atoms with E-state index in [-0.39, 0.29) is 5.91 Å². The van der Waals surface area contributed by atoms with Crippen molar-refractivity contribution in [1.82, 2.24) is 10.1 Å². The second-order valence-electron chi connectivity index (χ2n) is 4.32. The maximum Gasteiger partial charge on any atom is 0.254 e. The number of carbonyl (C=O) groups is 1. The minimum atomic E-state index is -0.0837. The number of hydrogen-bond acceptors (Lipinski definition) is 4. The molecule has 5 heteroatoms. The first-order valence-electron chi connectivity index (χ1n) is 5.92. The van der Waals surface area contributed by atoms with Crippen molar-refractivity contribution in [3.63, 3.8) is 0 Å². The molecule has 0 aliphatic heterocycles. The predicted molar refractivity (Wildman–Crippen MR) is 70.0 cm³/mol. The van der Waals surface area contributed by atoms with E-state index in [0.29, 0.717) is 17.9 Å². The molecule has 1 heterocycles. The number of carbonyl (C=O) groups excluding carboxylic acids is 1. The Morgan fingerprint density at radius 2 is 2.21 bits per heavy atom. The Morgan fingerprint density at radius 3 is 2.84 bits per heavy atom. The average molecular weight is 260 g/mol. The van der Waals surface area contributed by atoms with E-state index in [1.807, 2.05) is 13.0 Å². The molecule has 0 saturated carbocycles. The van der Waals surface area contributed by atoms with Crippen LogP contribution in [0, 0.1) is 6.92 Å². The lowest BCUT2D eigenvalue weighted by molar-refractivity contribution is 0.0782. The summed E-state index contributed by atoms with van der Waals surface area (Å²) in [6.07, 6.45) is 0. The van der Waals surface area contributed by atoms with E-state index in [1.165, 1.54) is 0 Å². The lowest BCUT2D eigenvalue weighted by atomic mass is 10.2. The van der Waals surface area contributed by atoms with Gasteiger partial charge in [-0.05, 0) is 25.1 Å². The van der Waals surface area contributed by atoms with E-state index >= 15 is 0 Å². The zero-order valence-corrected chi connectivity index (χ0v) is 11.2. The van der Waals surface area contributed by atoms with Crippen LogP contribution in [0.3, 0.4) is 0 Å². The minimum absolute atomic E-state index is 0.0837. The van der Waals surface area contributed by atoms with Gasteiger partial charge in [-0.25, -0.2) is 0 Å². The quantitative estimate of drug-likeness (QED) is 0.846. The fourth-order valence-corrected chi connectivity index (χ4v) is 1.78. The lowest BCUT2D eigenvalue weighted by Crippen LogP contribution is -2.26. The molecule has 19 heavy (non-hydrogen) atoms. The summed E-state index contributed by atoms with van der Waals surface area (Å²) < 4.78 is 10.1. The van der Waals surface area contributed by atoms with E-state index in [2.05, 4.69) is 5.16 Å². The topological polar surface area (TPSA) is 55.6 Å². The Labute approximate surface area is 111 Å². The van der Waals surface area contributed by atoms with E-state index in [1.54, 1.807) is 43.3 Å². The van der Waals surface area contributed by atoms with Crippen LogP contribution in [0.25, 0.3) is 0 Å². The van der Waals surface area contributed by atoms with Gasteiger partial charge in [0.05, 0.1) is 13.7 Å². The fourth-order valence-electron chi connectivity index (χ4n) is 1.78. The van der Waals surface area contributed by atoms with Gasteiger partial charge >= 0.3 is 0 Å². The van der Waals surface area contributed by atoms with Crippen molar-refractivity contribution in [3.8, 4) is 5.75 Å². The molecule has 0 atom stereocenters. The van der Waals surface area contributed by atoms with Crippen LogP contribution in [0.5, 0.6) is 5.75 Å². The Morgan fingerprint density at radius 1 is 1.42 bits per heavy atom. The predicted octanol–water partition coefficient (Wildman–Crippen LogP) is 2.26. The van der Waals surface area contributed by atoms with Crippen molar-refractivity contribution in [1.29, 1.82) is 0 Å². The monoisotopic (exact) mass is 260 g/mol. The molecule has 0 fully saturated rings. The SMILES string of the molecule is COc1cccc(C(=O)N(C)Cc2cc(C)on2)c1. The summed E-state index contributed by atoms with van der Waals surface area (Å²) in [6.45, 7) is 2.23. The summed E-state index contributed by atoms with van der Waals surface area (Å²) in [5.41, 5.74) is 1.32. The molecule has 0 radical (unpaired) electrons. The molecule has 2 aromatic rings. The highest BCUT2D eigenvalue weighted by Gasteiger charge is 2.14. The standard InChI is InChI=1S/C14H16N2O3/c1-10-7-12(15-19-10)9-16(2)14(17)11-5-4-6-13(8-11)18-3/h4-8H,9H2,1-3H3. The van der Waals surface area contributed by atoms with Crippen LogP contribution in [0.4, 0.5) is 0 Å². The van der Waals surface area contributed by atoms with Crippen LogP contribution in [0.2, 0.25) is 0 Å². The van der Waals surface area contributed by atoms with Crippen molar-refractivity contribution in [3.05, 3.63) is 47.3 Å². The molecular weight excluding hydrogens is 244 g/mol. The summed E-state index contributed by atoms with van der Waals surface area (Å²) in [6, 6.07) is 8.88. The van der Waals surface area contributed by atoms with Gasteiger partial charge in [0.25, 0.3) is 5.91 Å². The molecule has 1 aromatic carbocycles. The van der Waals surface area contributed by atoms with Crippen LogP contribution in [-0.4, -0.2) is 30.1 Å². The number of hydrogen-bond donors (Lipinski definition) is 0. The Kier molecular flexibility index (Phi) is 3.85. The highest BCUT2D eigenvalue weighted by Crippen LogP contribution is 2.15. The third-order valence-electron chi connectivity index (χ3n) is 2.74. The van der Waals surface area contributed by atoms with Gasteiger partial charge in [-0.1, -0.05) is 11.2 Å². The van der Waals surface area contributed by atoms with E-state index in [0.717, 1.165) is 11.5 Å². The van der Waals surface area contributed by atoms with Crippen molar-refractivity contribution in [2.75, 3.05) is 14.2 Å². The number of methoxy groups -OCH3 is 1. The Bertz CT molecular complexity index is 578. The zero-order valence-electron chi connectivity index (χ0n) is 11.2. The number of benzene rings is 1. The molecule has 1 aromatic heterocycles. The molecule has 1 amide bonds. The largest absolute Gasteiger partial charge is 0.497 e. The summed E-state index contributed by atoms with van der Waals surface area (Å²) in [4.78, 5) is 13.8. The summed E-state index contributed by atoms with van der Waals surface area (Å²) in [7, 11) is 3.30. The van der Waals surface area contributed by atoms with Gasteiger partial charge in [-0.2, -0.15) is 0 Å². The maximum absolute atomic E-state index is 12.2. The number of nitrogens with zero attached hydrogens (tertiary/aromatic N) is 2. The zero-order chi connectivity index (χ0) is 13.8. The number of ether oxygens (including phenoxy) is 1. The molecular formula is C14H16N2O3.